The number of piperidine rings is 1. The number of hydrogen-bond donors (Lipinski definition) is 2. The SMILES string of the molecule is CC1CN(Cc2ccccc2)CCC1NC(=O)c1ccc[nH]c1=O. The van der Waals surface area contributed by atoms with Crippen LogP contribution in [0.4, 0.5) is 0 Å². The predicted molar refractivity (Wildman–Crippen MR) is 93.8 cm³/mol. The Morgan fingerprint density at radius 3 is 2.75 bits per heavy atom. The van der Waals surface area contributed by atoms with Crippen molar-refractivity contribution in [2.45, 2.75) is 25.9 Å². The van der Waals surface area contributed by atoms with Crippen molar-refractivity contribution >= 4 is 5.91 Å². The Bertz CT molecular complexity index is 742. The highest BCUT2D eigenvalue weighted by Crippen LogP contribution is 2.19. The summed E-state index contributed by atoms with van der Waals surface area (Å²) in [6.45, 7) is 4.96. The lowest BCUT2D eigenvalue weighted by Gasteiger charge is -2.37. The van der Waals surface area contributed by atoms with Crippen molar-refractivity contribution in [3.63, 3.8) is 0 Å². The number of likely N-dealkylation sites (tertiary alicyclic amines) is 1. The van der Waals surface area contributed by atoms with E-state index in [4.69, 9.17) is 0 Å². The van der Waals surface area contributed by atoms with E-state index in [9.17, 15) is 9.59 Å². The van der Waals surface area contributed by atoms with Crippen LogP contribution in [-0.2, 0) is 6.54 Å². The second-order valence-electron chi connectivity index (χ2n) is 6.48. The maximum atomic E-state index is 12.3. The number of carbonyl (C=O) groups excluding carboxylic acids is 1. The number of aromatic nitrogens is 1. The van der Waals surface area contributed by atoms with Crippen LogP contribution in [0.2, 0.25) is 0 Å². The molecule has 24 heavy (non-hydrogen) atoms. The van der Waals surface area contributed by atoms with Crippen LogP contribution >= 0.6 is 0 Å². The first-order valence-electron chi connectivity index (χ1n) is 8.38. The zero-order valence-electron chi connectivity index (χ0n) is 13.9. The fourth-order valence-corrected chi connectivity index (χ4v) is 3.28. The largest absolute Gasteiger partial charge is 0.349 e. The number of rotatable bonds is 4. The van der Waals surface area contributed by atoms with Crippen LogP contribution in [0.25, 0.3) is 0 Å². The minimum atomic E-state index is -0.343. The molecule has 0 spiro atoms. The van der Waals surface area contributed by atoms with Gasteiger partial charge in [-0.1, -0.05) is 37.3 Å². The number of nitrogens with zero attached hydrogens (tertiary/aromatic N) is 1. The normalized spacial score (nSPS) is 21.4. The first-order chi connectivity index (χ1) is 11.6. The minimum Gasteiger partial charge on any atom is -0.349 e. The van der Waals surface area contributed by atoms with E-state index in [1.165, 1.54) is 11.8 Å². The van der Waals surface area contributed by atoms with E-state index < -0.39 is 0 Å². The summed E-state index contributed by atoms with van der Waals surface area (Å²) in [7, 11) is 0. The Hall–Kier alpha value is -2.40. The average molecular weight is 325 g/mol. The van der Waals surface area contributed by atoms with Crippen molar-refractivity contribution in [1.29, 1.82) is 0 Å². The molecule has 1 saturated heterocycles. The Kier molecular flexibility index (Phi) is 5.11. The Morgan fingerprint density at radius 1 is 1.25 bits per heavy atom. The molecule has 5 heteroatoms. The average Bonchev–Trinajstić information content (AvgIpc) is 2.58. The molecule has 1 aromatic carbocycles. The van der Waals surface area contributed by atoms with Gasteiger partial charge in [0.05, 0.1) is 0 Å². The minimum absolute atomic E-state index is 0.101. The van der Waals surface area contributed by atoms with E-state index in [-0.39, 0.29) is 23.1 Å². The predicted octanol–water partition coefficient (Wildman–Crippen LogP) is 2.02. The van der Waals surface area contributed by atoms with E-state index in [0.29, 0.717) is 5.92 Å². The van der Waals surface area contributed by atoms with Crippen LogP contribution in [0, 0.1) is 5.92 Å². The summed E-state index contributed by atoms with van der Waals surface area (Å²) >= 11 is 0. The second-order valence-corrected chi connectivity index (χ2v) is 6.48. The molecule has 1 aromatic heterocycles. The smallest absolute Gasteiger partial charge is 0.260 e. The van der Waals surface area contributed by atoms with Gasteiger partial charge in [-0.25, -0.2) is 0 Å². The van der Waals surface area contributed by atoms with Crippen molar-refractivity contribution in [3.05, 3.63) is 70.1 Å². The number of carbonyl (C=O) groups is 1. The number of nitrogens with one attached hydrogen (secondary N) is 2. The fourth-order valence-electron chi connectivity index (χ4n) is 3.28. The van der Waals surface area contributed by atoms with E-state index in [2.05, 4.69) is 46.4 Å². The van der Waals surface area contributed by atoms with Gasteiger partial charge in [-0.2, -0.15) is 0 Å². The van der Waals surface area contributed by atoms with Gasteiger partial charge in [0.25, 0.3) is 11.5 Å². The molecular weight excluding hydrogens is 302 g/mol. The van der Waals surface area contributed by atoms with E-state index >= 15 is 0 Å². The Labute approximate surface area is 141 Å². The monoisotopic (exact) mass is 325 g/mol. The summed E-state index contributed by atoms with van der Waals surface area (Å²) < 4.78 is 0. The van der Waals surface area contributed by atoms with Gasteiger partial charge in [0.1, 0.15) is 5.56 Å². The van der Waals surface area contributed by atoms with Gasteiger partial charge in [-0.05, 0) is 30.0 Å². The molecule has 126 valence electrons. The number of benzene rings is 1. The third-order valence-corrected chi connectivity index (χ3v) is 4.62. The van der Waals surface area contributed by atoms with Gasteiger partial charge in [0.15, 0.2) is 0 Å². The van der Waals surface area contributed by atoms with Crippen molar-refractivity contribution in [2.24, 2.45) is 5.92 Å². The summed E-state index contributed by atoms with van der Waals surface area (Å²) in [5.74, 6) is 0.0550. The third kappa shape index (κ3) is 3.92. The molecule has 1 aliphatic rings. The summed E-state index contributed by atoms with van der Waals surface area (Å²) in [6.07, 6.45) is 2.42. The van der Waals surface area contributed by atoms with Crippen LogP contribution in [0.3, 0.4) is 0 Å². The van der Waals surface area contributed by atoms with Crippen LogP contribution in [-0.4, -0.2) is 34.9 Å². The topological polar surface area (TPSA) is 65.2 Å². The highest BCUT2D eigenvalue weighted by Gasteiger charge is 2.27. The van der Waals surface area contributed by atoms with Crippen LogP contribution in [0.5, 0.6) is 0 Å². The van der Waals surface area contributed by atoms with Gasteiger partial charge in [0.2, 0.25) is 0 Å². The van der Waals surface area contributed by atoms with Gasteiger partial charge in [0, 0.05) is 31.9 Å². The van der Waals surface area contributed by atoms with Gasteiger partial charge >= 0.3 is 0 Å². The summed E-state index contributed by atoms with van der Waals surface area (Å²) in [6, 6.07) is 13.8. The number of aromatic amines is 1. The van der Waals surface area contributed by atoms with Gasteiger partial charge < -0.3 is 10.3 Å². The molecule has 1 aliphatic heterocycles. The number of H-pyrrole nitrogens is 1. The molecule has 1 amide bonds. The summed E-state index contributed by atoms with van der Waals surface area (Å²) in [5.41, 5.74) is 1.14. The highest BCUT2D eigenvalue weighted by atomic mass is 16.2. The molecule has 2 N–H and O–H groups in total. The Morgan fingerprint density at radius 2 is 2.04 bits per heavy atom. The molecule has 2 unspecified atom stereocenters. The summed E-state index contributed by atoms with van der Waals surface area (Å²) in [5, 5.41) is 3.02. The second kappa shape index (κ2) is 7.45. The van der Waals surface area contributed by atoms with Crippen molar-refractivity contribution in [2.75, 3.05) is 13.1 Å². The maximum absolute atomic E-state index is 12.3. The molecule has 3 rings (SSSR count). The fraction of sp³-hybridized carbons (Fsp3) is 0.368. The molecule has 2 aromatic rings. The van der Waals surface area contributed by atoms with Crippen molar-refractivity contribution in [3.8, 4) is 0 Å². The first-order valence-corrected chi connectivity index (χ1v) is 8.38. The van der Waals surface area contributed by atoms with Gasteiger partial charge in [-0.3, -0.25) is 14.5 Å². The van der Waals surface area contributed by atoms with Crippen LogP contribution < -0.4 is 10.9 Å². The van der Waals surface area contributed by atoms with Gasteiger partial charge in [-0.15, -0.1) is 0 Å². The molecule has 0 bridgehead atoms. The molecule has 0 aliphatic carbocycles. The van der Waals surface area contributed by atoms with E-state index in [1.54, 1.807) is 12.1 Å². The van der Waals surface area contributed by atoms with E-state index in [1.807, 2.05) is 6.07 Å². The number of amides is 1. The highest BCUT2D eigenvalue weighted by molar-refractivity contribution is 5.93. The lowest BCUT2D eigenvalue weighted by molar-refractivity contribution is 0.0859. The maximum Gasteiger partial charge on any atom is 0.260 e. The molecule has 2 atom stereocenters. The lowest BCUT2D eigenvalue weighted by atomic mass is 9.93. The molecule has 5 nitrogen and oxygen atoms in total. The van der Waals surface area contributed by atoms with Crippen molar-refractivity contribution < 1.29 is 4.79 Å². The molecule has 1 fully saturated rings. The molecular formula is C19H23N3O2. The lowest BCUT2D eigenvalue weighted by Crippen LogP contribution is -2.50. The Balaban J connectivity index is 1.57. The van der Waals surface area contributed by atoms with Crippen LogP contribution in [0.1, 0.15) is 29.3 Å². The van der Waals surface area contributed by atoms with Crippen molar-refractivity contribution in [1.82, 2.24) is 15.2 Å². The quantitative estimate of drug-likeness (QED) is 0.904. The zero-order chi connectivity index (χ0) is 16.9. The number of hydrogen-bond acceptors (Lipinski definition) is 3. The molecule has 0 radical (unpaired) electrons. The van der Waals surface area contributed by atoms with Crippen LogP contribution in [0.15, 0.2) is 53.5 Å². The molecule has 0 saturated carbocycles. The third-order valence-electron chi connectivity index (χ3n) is 4.62. The van der Waals surface area contributed by atoms with E-state index in [0.717, 1.165) is 26.1 Å². The summed E-state index contributed by atoms with van der Waals surface area (Å²) in [4.78, 5) is 29.0. The first kappa shape index (κ1) is 16.5. The molecule has 2 heterocycles. The number of pyridine rings is 1. The zero-order valence-corrected chi connectivity index (χ0v) is 13.9. The standard InChI is InChI=1S/C19H23N3O2/c1-14-12-22(13-15-6-3-2-4-7-15)11-9-17(14)21-19(24)16-8-5-10-20-18(16)23/h2-8,10,14,17H,9,11-13H2,1H3,(H,20,23)(H,21,24).